The Morgan fingerprint density at radius 3 is 2.60 bits per heavy atom. The maximum absolute atomic E-state index is 12.9. The van der Waals surface area contributed by atoms with Gasteiger partial charge in [-0.05, 0) is 29.3 Å². The fourth-order valence-corrected chi connectivity index (χ4v) is 5.20. The number of nitrogens with zero attached hydrogens (tertiary/aromatic N) is 1. The van der Waals surface area contributed by atoms with Crippen molar-refractivity contribution >= 4 is 48.3 Å². The molecule has 2 heterocycles. The highest BCUT2D eigenvalue weighted by Gasteiger charge is 2.34. The third-order valence-electron chi connectivity index (χ3n) is 5.39. The minimum Gasteiger partial charge on any atom is -0.480 e. The van der Waals surface area contributed by atoms with Crippen LogP contribution < -0.4 is 5.32 Å². The van der Waals surface area contributed by atoms with Gasteiger partial charge in [0.1, 0.15) is 22.3 Å². The SMILES string of the molecule is CC(=O)N[C@H](Cc1cccc(-c2ccc(/C=C3\S[C@@H](S)N(Cc4ccccc4)C3=O)o2)c1)C(=O)O. The van der Waals surface area contributed by atoms with Gasteiger partial charge in [-0.25, -0.2) is 4.79 Å². The summed E-state index contributed by atoms with van der Waals surface area (Å²) in [6, 6.07) is 19.6. The maximum Gasteiger partial charge on any atom is 0.326 e. The van der Waals surface area contributed by atoms with Crippen LogP contribution in [0.4, 0.5) is 0 Å². The van der Waals surface area contributed by atoms with E-state index < -0.39 is 17.9 Å². The lowest BCUT2D eigenvalue weighted by molar-refractivity contribution is -0.141. The van der Waals surface area contributed by atoms with Gasteiger partial charge in [-0.2, -0.15) is 0 Å². The third-order valence-corrected chi connectivity index (χ3v) is 7.00. The summed E-state index contributed by atoms with van der Waals surface area (Å²) >= 11 is 5.94. The third kappa shape index (κ3) is 6.17. The average Bonchev–Trinajstić information content (AvgIpc) is 3.40. The van der Waals surface area contributed by atoms with E-state index in [9.17, 15) is 19.5 Å². The van der Waals surface area contributed by atoms with Crippen LogP contribution in [0, 0.1) is 0 Å². The summed E-state index contributed by atoms with van der Waals surface area (Å²) in [7, 11) is 0. The van der Waals surface area contributed by atoms with Gasteiger partial charge in [-0.15, -0.1) is 12.6 Å². The Morgan fingerprint density at radius 2 is 1.89 bits per heavy atom. The van der Waals surface area contributed by atoms with Crippen LogP contribution in [0.3, 0.4) is 0 Å². The van der Waals surface area contributed by atoms with Crippen LogP contribution in [0.25, 0.3) is 17.4 Å². The van der Waals surface area contributed by atoms with Crippen molar-refractivity contribution in [2.75, 3.05) is 0 Å². The highest BCUT2D eigenvalue weighted by Crippen LogP contribution is 2.39. The summed E-state index contributed by atoms with van der Waals surface area (Å²) in [6.45, 7) is 1.76. The van der Waals surface area contributed by atoms with Gasteiger partial charge in [0.05, 0.1) is 4.91 Å². The number of nitrogens with one attached hydrogen (secondary N) is 1. The van der Waals surface area contributed by atoms with Gasteiger partial charge in [0, 0.05) is 31.5 Å². The van der Waals surface area contributed by atoms with E-state index in [4.69, 9.17) is 4.42 Å². The van der Waals surface area contributed by atoms with Gasteiger partial charge in [-0.3, -0.25) is 9.59 Å². The maximum atomic E-state index is 12.9. The van der Waals surface area contributed by atoms with E-state index in [0.29, 0.717) is 23.0 Å². The molecule has 1 saturated heterocycles. The number of hydrogen-bond donors (Lipinski definition) is 3. The molecule has 2 amide bonds. The molecule has 2 atom stereocenters. The van der Waals surface area contributed by atoms with E-state index >= 15 is 0 Å². The lowest BCUT2D eigenvalue weighted by atomic mass is 10.0. The molecule has 1 aromatic heterocycles. The summed E-state index contributed by atoms with van der Waals surface area (Å²) < 4.78 is 5.68. The molecule has 0 unspecified atom stereocenters. The Labute approximate surface area is 212 Å². The number of carbonyl (C=O) groups excluding carboxylic acids is 2. The highest BCUT2D eigenvalue weighted by atomic mass is 32.2. The Kier molecular flexibility index (Phi) is 7.67. The summed E-state index contributed by atoms with van der Waals surface area (Å²) in [5, 5.41) is 11.8. The van der Waals surface area contributed by atoms with E-state index in [1.807, 2.05) is 42.5 Å². The minimum absolute atomic E-state index is 0.100. The van der Waals surface area contributed by atoms with E-state index in [-0.39, 0.29) is 17.0 Å². The molecule has 0 bridgehead atoms. The Morgan fingerprint density at radius 1 is 1.14 bits per heavy atom. The molecule has 3 aromatic rings. The van der Waals surface area contributed by atoms with Crippen molar-refractivity contribution in [3.8, 4) is 11.3 Å². The number of carboxylic acids is 1. The van der Waals surface area contributed by atoms with Crippen LogP contribution in [0.5, 0.6) is 0 Å². The molecule has 0 spiro atoms. The molecule has 4 rings (SSSR count). The molecule has 0 radical (unpaired) electrons. The molecular weight excluding hydrogens is 484 g/mol. The Hall–Kier alpha value is -3.43. The summed E-state index contributed by atoms with van der Waals surface area (Å²) in [5.41, 5.74) is 2.55. The van der Waals surface area contributed by atoms with Gasteiger partial charge < -0.3 is 19.7 Å². The molecule has 2 aromatic carbocycles. The number of thioether (sulfide) groups is 1. The number of thiol groups is 1. The lowest BCUT2D eigenvalue weighted by Crippen LogP contribution is -2.41. The molecule has 1 aliphatic rings. The van der Waals surface area contributed by atoms with E-state index in [1.54, 1.807) is 35.2 Å². The lowest BCUT2D eigenvalue weighted by Gasteiger charge is -2.19. The van der Waals surface area contributed by atoms with Crippen LogP contribution in [0.15, 0.2) is 76.1 Å². The first kappa shape index (κ1) is 24.7. The second-order valence-electron chi connectivity index (χ2n) is 8.07. The molecule has 7 nitrogen and oxygen atoms in total. The van der Waals surface area contributed by atoms with Gasteiger partial charge in [-0.1, -0.05) is 60.3 Å². The summed E-state index contributed by atoms with van der Waals surface area (Å²) in [5.74, 6) is -0.479. The summed E-state index contributed by atoms with van der Waals surface area (Å²) in [4.78, 5) is 38.0. The van der Waals surface area contributed by atoms with Crippen LogP contribution in [0.1, 0.15) is 23.8 Å². The predicted molar refractivity (Wildman–Crippen MR) is 138 cm³/mol. The monoisotopic (exact) mass is 508 g/mol. The van der Waals surface area contributed by atoms with Crippen molar-refractivity contribution in [3.63, 3.8) is 0 Å². The molecule has 1 aliphatic heterocycles. The predicted octanol–water partition coefficient (Wildman–Crippen LogP) is 4.41. The molecule has 35 heavy (non-hydrogen) atoms. The zero-order valence-electron chi connectivity index (χ0n) is 18.9. The summed E-state index contributed by atoms with van der Waals surface area (Å²) in [6.07, 6.45) is 1.86. The Bertz CT molecular complexity index is 1270. The van der Waals surface area contributed by atoms with Crippen LogP contribution in [-0.4, -0.2) is 38.5 Å². The van der Waals surface area contributed by atoms with Crippen molar-refractivity contribution in [3.05, 3.63) is 88.5 Å². The number of rotatable bonds is 8. The van der Waals surface area contributed by atoms with Crippen molar-refractivity contribution in [2.45, 2.75) is 30.6 Å². The van der Waals surface area contributed by atoms with Gasteiger partial charge in [0.25, 0.3) is 5.91 Å². The van der Waals surface area contributed by atoms with Crippen molar-refractivity contribution in [1.29, 1.82) is 0 Å². The van der Waals surface area contributed by atoms with E-state index in [0.717, 1.165) is 16.7 Å². The largest absolute Gasteiger partial charge is 0.480 e. The highest BCUT2D eigenvalue weighted by molar-refractivity contribution is 8.14. The number of carbonyl (C=O) groups is 3. The molecule has 180 valence electrons. The molecule has 0 saturated carbocycles. The molecule has 1 fully saturated rings. The number of furan rings is 1. The number of hydrogen-bond acceptors (Lipinski definition) is 6. The first-order valence-corrected chi connectivity index (χ1v) is 12.3. The molecule has 0 aliphatic carbocycles. The van der Waals surface area contributed by atoms with Gasteiger partial charge in [0.15, 0.2) is 0 Å². The fourth-order valence-electron chi connectivity index (χ4n) is 3.74. The minimum atomic E-state index is -1.10. The normalized spacial score (nSPS) is 17.5. The number of benzene rings is 2. The first-order valence-electron chi connectivity index (χ1n) is 10.9. The fraction of sp³-hybridized carbons (Fsp3) is 0.192. The van der Waals surface area contributed by atoms with Crippen molar-refractivity contribution < 1.29 is 23.9 Å². The Balaban J connectivity index is 1.48. The van der Waals surface area contributed by atoms with Crippen LogP contribution in [0.2, 0.25) is 0 Å². The molecular formula is C26H24N2O5S2. The quantitative estimate of drug-likeness (QED) is 0.308. The second kappa shape index (κ2) is 10.9. The smallest absolute Gasteiger partial charge is 0.326 e. The zero-order chi connectivity index (χ0) is 24.9. The van der Waals surface area contributed by atoms with Crippen molar-refractivity contribution in [1.82, 2.24) is 10.2 Å². The van der Waals surface area contributed by atoms with Crippen molar-refractivity contribution in [2.24, 2.45) is 0 Å². The van der Waals surface area contributed by atoms with E-state index in [1.165, 1.54) is 18.7 Å². The molecule has 9 heteroatoms. The second-order valence-corrected chi connectivity index (χ2v) is 10.0. The van der Waals surface area contributed by atoms with Gasteiger partial charge >= 0.3 is 5.97 Å². The number of amides is 2. The van der Waals surface area contributed by atoms with E-state index in [2.05, 4.69) is 17.9 Å². The standard InChI is InChI=1S/C26H24N2O5S2/c1-16(29)27-21(25(31)32)13-18-8-5-9-19(12-18)22-11-10-20(33-22)14-23-24(30)28(26(34)35-23)15-17-6-3-2-4-7-17/h2-12,14,21,26,34H,13,15H2,1H3,(H,27,29)(H,31,32)/b23-14-/t21-,26-/m1/s1. The zero-order valence-corrected chi connectivity index (χ0v) is 20.6. The van der Waals surface area contributed by atoms with Gasteiger partial charge in [0.2, 0.25) is 5.91 Å². The van der Waals surface area contributed by atoms with Crippen LogP contribution in [-0.2, 0) is 27.3 Å². The van der Waals surface area contributed by atoms with Crippen LogP contribution >= 0.6 is 24.4 Å². The number of carboxylic acid groups (broad SMARTS) is 1. The topological polar surface area (TPSA) is 99.9 Å². The average molecular weight is 509 g/mol. The number of aliphatic carboxylic acids is 1. The first-order chi connectivity index (χ1) is 16.8. The molecule has 2 N–H and O–H groups in total.